The lowest BCUT2D eigenvalue weighted by Crippen LogP contribution is -2.20. The molecule has 0 aliphatic rings. The summed E-state index contributed by atoms with van der Waals surface area (Å²) in [6.07, 6.45) is 0. The number of nitrogens with one attached hydrogen (secondary N) is 1. The van der Waals surface area contributed by atoms with Gasteiger partial charge >= 0.3 is 0 Å². The lowest BCUT2D eigenvalue weighted by molar-refractivity contribution is -0.118. The van der Waals surface area contributed by atoms with Crippen molar-refractivity contribution in [1.29, 1.82) is 0 Å². The van der Waals surface area contributed by atoms with E-state index >= 15 is 0 Å². The first-order chi connectivity index (χ1) is 13.1. The Bertz CT molecular complexity index is 895. The molecule has 0 aliphatic heterocycles. The maximum atomic E-state index is 13.5. The molecule has 3 aromatic carbocycles. The number of hydrogen-bond acceptors (Lipinski definition) is 3. The van der Waals surface area contributed by atoms with Crippen molar-refractivity contribution in [3.63, 3.8) is 0 Å². The van der Waals surface area contributed by atoms with Crippen molar-refractivity contribution in [2.24, 2.45) is 0 Å². The molecule has 0 radical (unpaired) electrons. The molecule has 4 nitrogen and oxygen atoms in total. The zero-order valence-corrected chi connectivity index (χ0v) is 14.9. The number of ether oxygens (including phenoxy) is 2. The smallest absolute Gasteiger partial charge is 0.262 e. The van der Waals surface area contributed by atoms with E-state index in [2.05, 4.69) is 5.32 Å². The number of carbonyl (C=O) groups excluding carboxylic acids is 1. The molecule has 0 saturated heterocycles. The molecule has 0 unspecified atom stereocenters. The Hall–Kier alpha value is -3.34. The molecule has 0 bridgehead atoms. The highest BCUT2D eigenvalue weighted by Gasteiger charge is 2.06. The van der Waals surface area contributed by atoms with Gasteiger partial charge < -0.3 is 14.8 Å². The highest BCUT2D eigenvalue weighted by atomic mass is 19.1. The minimum absolute atomic E-state index is 0.167. The van der Waals surface area contributed by atoms with Crippen LogP contribution in [-0.4, -0.2) is 12.5 Å². The molecule has 0 atom stereocenters. The van der Waals surface area contributed by atoms with Crippen LogP contribution in [0.3, 0.4) is 0 Å². The summed E-state index contributed by atoms with van der Waals surface area (Å²) < 4.78 is 24.6. The molecule has 138 valence electrons. The lowest BCUT2D eigenvalue weighted by Gasteiger charge is -2.10. The molecule has 1 amide bonds. The van der Waals surface area contributed by atoms with Crippen LogP contribution >= 0.6 is 0 Å². The zero-order chi connectivity index (χ0) is 19.1. The van der Waals surface area contributed by atoms with Crippen molar-refractivity contribution >= 4 is 11.6 Å². The molecule has 0 aliphatic carbocycles. The maximum absolute atomic E-state index is 13.5. The first-order valence-electron chi connectivity index (χ1n) is 8.56. The van der Waals surface area contributed by atoms with Crippen LogP contribution in [0.2, 0.25) is 0 Å². The van der Waals surface area contributed by atoms with E-state index in [0.717, 1.165) is 5.56 Å². The van der Waals surface area contributed by atoms with E-state index in [1.807, 2.05) is 30.3 Å². The van der Waals surface area contributed by atoms with Gasteiger partial charge in [0.05, 0.1) is 0 Å². The molecule has 0 heterocycles. The number of aryl methyl sites for hydroxylation is 1. The second-order valence-electron chi connectivity index (χ2n) is 6.05. The SMILES string of the molecule is Cc1ccc(NC(=O)COc2ccc(OCc3ccccc3)cc2)cc1F. The third-order valence-electron chi connectivity index (χ3n) is 3.90. The monoisotopic (exact) mass is 365 g/mol. The van der Waals surface area contributed by atoms with Gasteiger partial charge in [-0.2, -0.15) is 0 Å². The number of halogens is 1. The second kappa shape index (κ2) is 8.85. The van der Waals surface area contributed by atoms with E-state index in [-0.39, 0.29) is 18.3 Å². The predicted octanol–water partition coefficient (Wildman–Crippen LogP) is 4.73. The van der Waals surface area contributed by atoms with E-state index in [0.29, 0.717) is 29.4 Å². The van der Waals surface area contributed by atoms with Gasteiger partial charge in [0.1, 0.15) is 23.9 Å². The van der Waals surface area contributed by atoms with E-state index in [4.69, 9.17) is 9.47 Å². The summed E-state index contributed by atoms with van der Waals surface area (Å²) in [5.41, 5.74) is 2.01. The van der Waals surface area contributed by atoms with Crippen molar-refractivity contribution in [2.75, 3.05) is 11.9 Å². The molecular formula is C22H20FNO3. The number of carbonyl (C=O) groups is 1. The number of benzene rings is 3. The van der Waals surface area contributed by atoms with E-state index in [9.17, 15) is 9.18 Å². The Morgan fingerprint density at radius 2 is 1.59 bits per heavy atom. The Kier molecular flexibility index (Phi) is 6.05. The van der Waals surface area contributed by atoms with Gasteiger partial charge in [0.15, 0.2) is 6.61 Å². The molecule has 0 saturated carbocycles. The minimum atomic E-state index is -0.361. The summed E-state index contributed by atoms with van der Waals surface area (Å²) in [5, 5.41) is 2.60. The van der Waals surface area contributed by atoms with E-state index in [1.54, 1.807) is 43.3 Å². The average Bonchev–Trinajstić information content (AvgIpc) is 2.69. The molecule has 1 N–H and O–H groups in total. The van der Waals surface area contributed by atoms with Crippen molar-refractivity contribution in [1.82, 2.24) is 0 Å². The number of anilines is 1. The van der Waals surface area contributed by atoms with Gasteiger partial charge in [-0.3, -0.25) is 4.79 Å². The van der Waals surface area contributed by atoms with Crippen LogP contribution in [0.5, 0.6) is 11.5 Å². The highest BCUT2D eigenvalue weighted by Crippen LogP contribution is 2.19. The summed E-state index contributed by atoms with van der Waals surface area (Å²) in [6.45, 7) is 1.98. The molecule has 0 aromatic heterocycles. The topological polar surface area (TPSA) is 47.6 Å². The minimum Gasteiger partial charge on any atom is -0.489 e. The van der Waals surface area contributed by atoms with Crippen molar-refractivity contribution in [3.05, 3.63) is 89.7 Å². The number of amides is 1. The fraction of sp³-hybridized carbons (Fsp3) is 0.136. The Morgan fingerprint density at radius 3 is 2.26 bits per heavy atom. The van der Waals surface area contributed by atoms with E-state index < -0.39 is 0 Å². The Labute approximate surface area is 157 Å². The zero-order valence-electron chi connectivity index (χ0n) is 14.9. The Morgan fingerprint density at radius 1 is 0.926 bits per heavy atom. The fourth-order valence-corrected chi connectivity index (χ4v) is 2.39. The predicted molar refractivity (Wildman–Crippen MR) is 102 cm³/mol. The number of hydrogen-bond donors (Lipinski definition) is 1. The standard InChI is InChI=1S/C22H20FNO3/c1-16-7-8-18(13-21(16)23)24-22(25)15-27-20-11-9-19(10-12-20)26-14-17-5-3-2-4-6-17/h2-13H,14-15H2,1H3,(H,24,25). The van der Waals surface area contributed by atoms with Gasteiger partial charge in [0.2, 0.25) is 0 Å². The third kappa shape index (κ3) is 5.57. The first kappa shape index (κ1) is 18.5. The maximum Gasteiger partial charge on any atom is 0.262 e. The van der Waals surface area contributed by atoms with Crippen LogP contribution in [0.25, 0.3) is 0 Å². The van der Waals surface area contributed by atoms with Crippen LogP contribution in [0.15, 0.2) is 72.8 Å². The van der Waals surface area contributed by atoms with Crippen molar-refractivity contribution < 1.29 is 18.7 Å². The fourth-order valence-electron chi connectivity index (χ4n) is 2.39. The molecular weight excluding hydrogens is 345 g/mol. The second-order valence-corrected chi connectivity index (χ2v) is 6.05. The summed E-state index contributed by atoms with van der Waals surface area (Å²) in [6, 6.07) is 21.5. The first-order valence-corrected chi connectivity index (χ1v) is 8.56. The summed E-state index contributed by atoms with van der Waals surface area (Å²) in [5.74, 6) is 0.542. The molecule has 3 rings (SSSR count). The largest absolute Gasteiger partial charge is 0.489 e. The normalized spacial score (nSPS) is 10.3. The summed E-state index contributed by atoms with van der Waals surface area (Å²) in [7, 11) is 0. The number of rotatable bonds is 7. The summed E-state index contributed by atoms with van der Waals surface area (Å²) in [4.78, 5) is 11.9. The van der Waals surface area contributed by atoms with Crippen LogP contribution in [0.4, 0.5) is 10.1 Å². The molecule has 3 aromatic rings. The molecule has 0 spiro atoms. The van der Waals surface area contributed by atoms with Crippen LogP contribution in [0.1, 0.15) is 11.1 Å². The van der Waals surface area contributed by atoms with Gasteiger partial charge in [0, 0.05) is 5.69 Å². The van der Waals surface area contributed by atoms with Gasteiger partial charge in [-0.25, -0.2) is 4.39 Å². The molecule has 0 fully saturated rings. The van der Waals surface area contributed by atoms with Crippen molar-refractivity contribution in [3.8, 4) is 11.5 Å². The lowest BCUT2D eigenvalue weighted by atomic mass is 10.2. The van der Waals surface area contributed by atoms with Crippen molar-refractivity contribution in [2.45, 2.75) is 13.5 Å². The van der Waals surface area contributed by atoms with Gasteiger partial charge in [0.25, 0.3) is 5.91 Å². The molecule has 5 heteroatoms. The highest BCUT2D eigenvalue weighted by molar-refractivity contribution is 5.91. The van der Waals surface area contributed by atoms with E-state index in [1.165, 1.54) is 6.07 Å². The Balaban J connectivity index is 1.46. The van der Waals surface area contributed by atoms with Gasteiger partial charge in [-0.15, -0.1) is 0 Å². The quantitative estimate of drug-likeness (QED) is 0.658. The van der Waals surface area contributed by atoms with Crippen LogP contribution < -0.4 is 14.8 Å². The molecule has 27 heavy (non-hydrogen) atoms. The van der Waals surface area contributed by atoms with Gasteiger partial charge in [-0.1, -0.05) is 36.4 Å². The van der Waals surface area contributed by atoms with Crippen LogP contribution in [-0.2, 0) is 11.4 Å². The third-order valence-corrected chi connectivity index (χ3v) is 3.90. The average molecular weight is 365 g/mol. The van der Waals surface area contributed by atoms with Gasteiger partial charge in [-0.05, 0) is 54.4 Å². The summed E-state index contributed by atoms with van der Waals surface area (Å²) >= 11 is 0. The van der Waals surface area contributed by atoms with Crippen LogP contribution in [0, 0.1) is 12.7 Å².